The van der Waals surface area contributed by atoms with Crippen LogP contribution in [-0.2, 0) is 0 Å². The van der Waals surface area contributed by atoms with Gasteiger partial charge >= 0.3 is 0 Å². The molecule has 0 atom stereocenters. The minimum Gasteiger partial charge on any atom is -0.115 e. The van der Waals surface area contributed by atoms with Crippen LogP contribution in [0, 0.1) is 24.7 Å². The van der Waals surface area contributed by atoms with Crippen molar-refractivity contribution in [3.63, 3.8) is 0 Å². The van der Waals surface area contributed by atoms with Crippen LogP contribution < -0.4 is 0 Å². The Morgan fingerprint density at radius 3 is 1.58 bits per heavy atom. The molecule has 0 bridgehead atoms. The highest BCUT2D eigenvalue weighted by Crippen LogP contribution is 2.00. The van der Waals surface area contributed by atoms with E-state index >= 15 is 0 Å². The summed E-state index contributed by atoms with van der Waals surface area (Å²) in [5.74, 6) is 4.92. The van der Waals surface area contributed by atoms with Crippen LogP contribution in [0.2, 0.25) is 0 Å². The van der Waals surface area contributed by atoms with E-state index in [-0.39, 0.29) is 0 Å². The molecule has 0 fully saturated rings. The summed E-state index contributed by atoms with van der Waals surface area (Å²) in [6, 6.07) is 0. The van der Waals surface area contributed by atoms with Crippen molar-refractivity contribution in [3.05, 3.63) is 24.3 Å². The van der Waals surface area contributed by atoms with Gasteiger partial charge in [0, 0.05) is 0 Å². The standard InChI is InChI=1S/C12H14/c1-3-5-7-9-11-12-10-8-6-4-2/h1-2,5-8H,9-12H2/b7-5-,8-6-. The first-order valence-electron chi connectivity index (χ1n) is 4.14. The molecule has 0 aliphatic rings. The lowest BCUT2D eigenvalue weighted by molar-refractivity contribution is 0.762. The van der Waals surface area contributed by atoms with Gasteiger partial charge in [0.05, 0.1) is 0 Å². The monoisotopic (exact) mass is 158 g/mol. The summed E-state index contributed by atoms with van der Waals surface area (Å²) in [5.41, 5.74) is 0. The van der Waals surface area contributed by atoms with Gasteiger partial charge in [0.1, 0.15) is 0 Å². The summed E-state index contributed by atoms with van der Waals surface area (Å²) < 4.78 is 0. The molecule has 12 heavy (non-hydrogen) atoms. The van der Waals surface area contributed by atoms with E-state index in [1.54, 1.807) is 12.2 Å². The highest BCUT2D eigenvalue weighted by molar-refractivity contribution is 5.09. The summed E-state index contributed by atoms with van der Waals surface area (Å²) in [4.78, 5) is 0. The fourth-order valence-electron chi connectivity index (χ4n) is 0.827. The van der Waals surface area contributed by atoms with Crippen molar-refractivity contribution in [2.45, 2.75) is 25.7 Å². The first kappa shape index (κ1) is 10.6. The number of hydrogen-bond donors (Lipinski definition) is 0. The first-order chi connectivity index (χ1) is 5.91. The normalized spacial score (nSPS) is 10.2. The Morgan fingerprint density at radius 1 is 0.833 bits per heavy atom. The van der Waals surface area contributed by atoms with Gasteiger partial charge in [0.25, 0.3) is 0 Å². The van der Waals surface area contributed by atoms with E-state index in [4.69, 9.17) is 12.8 Å². The smallest absolute Gasteiger partial charge is 0.0162 e. The second kappa shape index (κ2) is 9.60. The molecule has 0 rings (SSSR count). The Morgan fingerprint density at radius 2 is 1.25 bits per heavy atom. The number of terminal acetylenes is 2. The highest BCUT2D eigenvalue weighted by Gasteiger charge is 1.81. The number of unbranched alkanes of at least 4 members (excludes halogenated alkanes) is 3. The molecule has 0 heterocycles. The van der Waals surface area contributed by atoms with Crippen molar-refractivity contribution in [3.8, 4) is 24.7 Å². The van der Waals surface area contributed by atoms with Crippen LogP contribution in [0.15, 0.2) is 24.3 Å². The molecule has 0 spiro atoms. The van der Waals surface area contributed by atoms with Crippen LogP contribution >= 0.6 is 0 Å². The molecule has 62 valence electrons. The van der Waals surface area contributed by atoms with Crippen molar-refractivity contribution >= 4 is 0 Å². The molecule has 0 N–H and O–H groups in total. The van der Waals surface area contributed by atoms with E-state index in [2.05, 4.69) is 11.8 Å². The van der Waals surface area contributed by atoms with Gasteiger partial charge in [0.15, 0.2) is 0 Å². The Bertz CT molecular complexity index is 191. The second-order valence-corrected chi connectivity index (χ2v) is 2.42. The SMILES string of the molecule is C#C/C=C\CCCC/C=C\C#C. The zero-order valence-electron chi connectivity index (χ0n) is 7.29. The Balaban J connectivity index is 3.13. The van der Waals surface area contributed by atoms with E-state index in [1.165, 1.54) is 12.8 Å². The van der Waals surface area contributed by atoms with E-state index in [9.17, 15) is 0 Å². The molecule has 0 aromatic rings. The molecular weight excluding hydrogens is 144 g/mol. The summed E-state index contributed by atoms with van der Waals surface area (Å²) in [7, 11) is 0. The van der Waals surface area contributed by atoms with Gasteiger partial charge in [-0.15, -0.1) is 12.8 Å². The highest BCUT2D eigenvalue weighted by atomic mass is 13.9. The van der Waals surface area contributed by atoms with Gasteiger partial charge in [0.2, 0.25) is 0 Å². The maximum absolute atomic E-state index is 5.04. The first-order valence-corrected chi connectivity index (χ1v) is 4.14. The Kier molecular flexibility index (Phi) is 8.48. The van der Waals surface area contributed by atoms with Crippen LogP contribution in [0.4, 0.5) is 0 Å². The molecule has 0 heteroatoms. The average molecular weight is 158 g/mol. The molecule has 0 unspecified atom stereocenters. The second-order valence-electron chi connectivity index (χ2n) is 2.42. The quantitative estimate of drug-likeness (QED) is 0.426. The largest absolute Gasteiger partial charge is 0.115 e. The van der Waals surface area contributed by atoms with Gasteiger partial charge in [-0.25, -0.2) is 0 Å². The van der Waals surface area contributed by atoms with Crippen LogP contribution in [0.3, 0.4) is 0 Å². The molecule has 0 nitrogen and oxygen atoms in total. The van der Waals surface area contributed by atoms with Gasteiger partial charge in [-0.05, 0) is 37.8 Å². The minimum absolute atomic E-state index is 1.06. The summed E-state index contributed by atoms with van der Waals surface area (Å²) in [6.45, 7) is 0. The summed E-state index contributed by atoms with van der Waals surface area (Å²) in [5, 5.41) is 0. The predicted molar refractivity (Wildman–Crippen MR) is 54.4 cm³/mol. The van der Waals surface area contributed by atoms with Crippen molar-refractivity contribution in [2.24, 2.45) is 0 Å². The number of rotatable bonds is 5. The molecule has 0 aromatic carbocycles. The van der Waals surface area contributed by atoms with E-state index in [0.717, 1.165) is 12.8 Å². The third kappa shape index (κ3) is 8.60. The van der Waals surface area contributed by atoms with Crippen LogP contribution in [0.5, 0.6) is 0 Å². The summed E-state index contributed by atoms with van der Waals surface area (Å²) >= 11 is 0. The Hall–Kier alpha value is -1.40. The van der Waals surface area contributed by atoms with E-state index in [1.807, 2.05) is 12.2 Å². The lowest BCUT2D eigenvalue weighted by Gasteiger charge is -1.90. The molecule has 0 radical (unpaired) electrons. The van der Waals surface area contributed by atoms with E-state index in [0.29, 0.717) is 0 Å². The van der Waals surface area contributed by atoms with Gasteiger partial charge in [-0.1, -0.05) is 24.0 Å². The molecule has 0 saturated carbocycles. The molecule has 0 aliphatic carbocycles. The van der Waals surface area contributed by atoms with Gasteiger partial charge in [-0.3, -0.25) is 0 Å². The maximum Gasteiger partial charge on any atom is -0.0162 e. The van der Waals surface area contributed by atoms with Crippen LogP contribution in [0.1, 0.15) is 25.7 Å². The average Bonchev–Trinajstić information content (AvgIpc) is 2.10. The zero-order chi connectivity index (χ0) is 9.07. The topological polar surface area (TPSA) is 0 Å². The lowest BCUT2D eigenvalue weighted by atomic mass is 10.2. The van der Waals surface area contributed by atoms with Crippen molar-refractivity contribution in [1.82, 2.24) is 0 Å². The molecular formula is C12H14. The van der Waals surface area contributed by atoms with Crippen molar-refractivity contribution in [1.29, 1.82) is 0 Å². The van der Waals surface area contributed by atoms with Crippen LogP contribution in [0.25, 0.3) is 0 Å². The third-order valence-corrected chi connectivity index (χ3v) is 1.42. The number of allylic oxidation sites excluding steroid dienone is 4. The minimum atomic E-state index is 1.06. The fraction of sp³-hybridized carbons (Fsp3) is 0.333. The van der Waals surface area contributed by atoms with Gasteiger partial charge in [-0.2, -0.15) is 0 Å². The molecule has 0 aliphatic heterocycles. The van der Waals surface area contributed by atoms with Gasteiger partial charge < -0.3 is 0 Å². The number of hydrogen-bond acceptors (Lipinski definition) is 0. The molecule has 0 aromatic heterocycles. The molecule has 0 saturated heterocycles. The summed E-state index contributed by atoms with van der Waals surface area (Å²) in [6.07, 6.45) is 22.1. The predicted octanol–water partition coefficient (Wildman–Crippen LogP) is 2.93. The fourth-order valence-corrected chi connectivity index (χ4v) is 0.827. The van der Waals surface area contributed by atoms with Crippen LogP contribution in [-0.4, -0.2) is 0 Å². The maximum atomic E-state index is 5.04. The van der Waals surface area contributed by atoms with E-state index < -0.39 is 0 Å². The lowest BCUT2D eigenvalue weighted by Crippen LogP contribution is -1.71. The Labute approximate surface area is 75.4 Å². The molecule has 0 amide bonds. The zero-order valence-corrected chi connectivity index (χ0v) is 7.29. The van der Waals surface area contributed by atoms with Crippen molar-refractivity contribution < 1.29 is 0 Å². The van der Waals surface area contributed by atoms with Crippen molar-refractivity contribution in [2.75, 3.05) is 0 Å². The third-order valence-electron chi connectivity index (χ3n) is 1.42.